The normalized spacial score (nSPS) is 12.1. The first-order valence-corrected chi connectivity index (χ1v) is 7.56. The smallest absolute Gasteiger partial charge is 0.283 e. The van der Waals surface area contributed by atoms with Gasteiger partial charge in [0.25, 0.3) is 5.69 Å². The molecule has 0 aliphatic rings. The molecule has 0 aliphatic carbocycles. The topological polar surface area (TPSA) is 55.2 Å². The molecule has 0 radical (unpaired) electrons. The molecule has 0 spiro atoms. The Kier molecular flexibility index (Phi) is 5.33. The standard InChI is InChI=1S/C15H14BrClN2O2/c1-10(11-5-7-13(17)8-6-11)18-9-12-3-2-4-14(15(12)16)19(20)21/h2-8,10,18H,9H2,1H3/t10-/m0/s1. The Morgan fingerprint density at radius 3 is 2.57 bits per heavy atom. The monoisotopic (exact) mass is 368 g/mol. The summed E-state index contributed by atoms with van der Waals surface area (Å²) < 4.78 is 0.519. The van der Waals surface area contributed by atoms with E-state index in [0.717, 1.165) is 11.1 Å². The van der Waals surface area contributed by atoms with Gasteiger partial charge >= 0.3 is 0 Å². The third kappa shape index (κ3) is 4.03. The average Bonchev–Trinajstić information content (AvgIpc) is 2.46. The minimum Gasteiger partial charge on any atom is -0.306 e. The summed E-state index contributed by atoms with van der Waals surface area (Å²) in [6, 6.07) is 12.8. The first kappa shape index (κ1) is 15.9. The summed E-state index contributed by atoms with van der Waals surface area (Å²) in [5, 5.41) is 15.0. The molecule has 1 N–H and O–H groups in total. The number of nitro groups is 1. The van der Waals surface area contributed by atoms with E-state index in [9.17, 15) is 10.1 Å². The summed E-state index contributed by atoms with van der Waals surface area (Å²) in [5.41, 5.74) is 2.04. The Morgan fingerprint density at radius 1 is 1.29 bits per heavy atom. The van der Waals surface area contributed by atoms with Crippen molar-refractivity contribution in [2.45, 2.75) is 19.5 Å². The fraction of sp³-hybridized carbons (Fsp3) is 0.200. The number of nitro benzene ring substituents is 1. The molecule has 0 aromatic heterocycles. The number of hydrogen-bond acceptors (Lipinski definition) is 3. The van der Waals surface area contributed by atoms with E-state index in [1.807, 2.05) is 37.3 Å². The highest BCUT2D eigenvalue weighted by atomic mass is 79.9. The van der Waals surface area contributed by atoms with Gasteiger partial charge in [-0.05, 0) is 46.1 Å². The highest BCUT2D eigenvalue weighted by Gasteiger charge is 2.15. The van der Waals surface area contributed by atoms with Crippen molar-refractivity contribution in [3.8, 4) is 0 Å². The molecule has 0 bridgehead atoms. The van der Waals surface area contributed by atoms with Crippen LogP contribution in [-0.4, -0.2) is 4.92 Å². The summed E-state index contributed by atoms with van der Waals surface area (Å²) in [7, 11) is 0. The van der Waals surface area contributed by atoms with Crippen LogP contribution in [0.1, 0.15) is 24.1 Å². The van der Waals surface area contributed by atoms with Crippen LogP contribution in [0.4, 0.5) is 5.69 Å². The fourth-order valence-corrected chi connectivity index (χ4v) is 2.65. The van der Waals surface area contributed by atoms with Crippen LogP contribution in [0, 0.1) is 10.1 Å². The molecule has 4 nitrogen and oxygen atoms in total. The van der Waals surface area contributed by atoms with Crippen molar-refractivity contribution in [1.82, 2.24) is 5.32 Å². The number of hydrogen-bond donors (Lipinski definition) is 1. The van der Waals surface area contributed by atoms with Crippen LogP contribution in [0.2, 0.25) is 5.02 Å². The van der Waals surface area contributed by atoms with Crippen molar-refractivity contribution in [2.24, 2.45) is 0 Å². The molecule has 0 saturated carbocycles. The summed E-state index contributed by atoms with van der Waals surface area (Å²) in [6.07, 6.45) is 0. The van der Waals surface area contributed by atoms with Crippen molar-refractivity contribution < 1.29 is 4.92 Å². The van der Waals surface area contributed by atoms with Gasteiger partial charge in [-0.1, -0.05) is 35.9 Å². The second kappa shape index (κ2) is 7.02. The van der Waals surface area contributed by atoms with Gasteiger partial charge in [-0.2, -0.15) is 0 Å². The molecule has 0 amide bonds. The van der Waals surface area contributed by atoms with Crippen LogP contribution in [0.25, 0.3) is 0 Å². The highest BCUT2D eigenvalue weighted by molar-refractivity contribution is 9.10. The maximum Gasteiger partial charge on any atom is 0.283 e. The SMILES string of the molecule is C[C@H](NCc1cccc([N+](=O)[O-])c1Br)c1ccc(Cl)cc1. The molecule has 1 atom stereocenters. The van der Waals surface area contributed by atoms with E-state index >= 15 is 0 Å². The molecule has 21 heavy (non-hydrogen) atoms. The van der Waals surface area contributed by atoms with Crippen LogP contribution in [-0.2, 0) is 6.54 Å². The molecular formula is C15H14BrClN2O2. The molecule has 2 aromatic carbocycles. The van der Waals surface area contributed by atoms with Crippen molar-refractivity contribution in [2.75, 3.05) is 0 Å². The van der Waals surface area contributed by atoms with Gasteiger partial charge in [0.05, 0.1) is 9.40 Å². The third-order valence-electron chi connectivity index (χ3n) is 3.22. The van der Waals surface area contributed by atoms with Gasteiger partial charge in [-0.15, -0.1) is 0 Å². The molecule has 0 saturated heterocycles. The molecule has 6 heteroatoms. The van der Waals surface area contributed by atoms with E-state index < -0.39 is 4.92 Å². The largest absolute Gasteiger partial charge is 0.306 e. The van der Waals surface area contributed by atoms with Gasteiger partial charge in [0, 0.05) is 23.7 Å². The van der Waals surface area contributed by atoms with Gasteiger partial charge < -0.3 is 5.32 Å². The molecule has 0 heterocycles. The molecule has 110 valence electrons. The average molecular weight is 370 g/mol. The van der Waals surface area contributed by atoms with Gasteiger partial charge in [0.2, 0.25) is 0 Å². The molecule has 2 rings (SSSR count). The van der Waals surface area contributed by atoms with E-state index in [1.54, 1.807) is 6.07 Å². The predicted octanol–water partition coefficient (Wildman–Crippen LogP) is 4.86. The van der Waals surface area contributed by atoms with Crippen molar-refractivity contribution >= 4 is 33.2 Å². The maximum atomic E-state index is 10.9. The van der Waals surface area contributed by atoms with Crippen LogP contribution >= 0.6 is 27.5 Å². The van der Waals surface area contributed by atoms with Gasteiger partial charge in [-0.3, -0.25) is 10.1 Å². The summed E-state index contributed by atoms with van der Waals surface area (Å²) in [6.45, 7) is 2.57. The Morgan fingerprint density at radius 2 is 1.95 bits per heavy atom. The lowest BCUT2D eigenvalue weighted by Gasteiger charge is -2.15. The minimum absolute atomic E-state index is 0.0773. The summed E-state index contributed by atoms with van der Waals surface area (Å²) >= 11 is 9.17. The Labute approximate surface area is 136 Å². The van der Waals surface area contributed by atoms with Crippen molar-refractivity contribution in [3.63, 3.8) is 0 Å². The maximum absolute atomic E-state index is 10.9. The van der Waals surface area contributed by atoms with Crippen LogP contribution in [0.15, 0.2) is 46.9 Å². The zero-order valence-corrected chi connectivity index (χ0v) is 13.7. The molecular weight excluding hydrogens is 356 g/mol. The Hall–Kier alpha value is -1.43. The highest BCUT2D eigenvalue weighted by Crippen LogP contribution is 2.28. The minimum atomic E-state index is -0.393. The molecule has 0 unspecified atom stereocenters. The molecule has 0 fully saturated rings. The first-order chi connectivity index (χ1) is 9.99. The Balaban J connectivity index is 2.08. The second-order valence-corrected chi connectivity index (χ2v) is 5.89. The van der Waals surface area contributed by atoms with Gasteiger partial charge in [-0.25, -0.2) is 0 Å². The lowest BCUT2D eigenvalue weighted by atomic mass is 10.1. The molecule has 2 aromatic rings. The van der Waals surface area contributed by atoms with E-state index in [2.05, 4.69) is 21.2 Å². The van der Waals surface area contributed by atoms with E-state index in [0.29, 0.717) is 16.0 Å². The third-order valence-corrected chi connectivity index (χ3v) is 4.39. The van der Waals surface area contributed by atoms with Crippen LogP contribution in [0.3, 0.4) is 0 Å². The number of benzene rings is 2. The molecule has 0 aliphatic heterocycles. The second-order valence-electron chi connectivity index (χ2n) is 4.66. The van der Waals surface area contributed by atoms with Crippen LogP contribution < -0.4 is 5.32 Å². The van der Waals surface area contributed by atoms with E-state index in [-0.39, 0.29) is 11.7 Å². The lowest BCUT2D eigenvalue weighted by Crippen LogP contribution is -2.18. The quantitative estimate of drug-likeness (QED) is 0.605. The fourth-order valence-electron chi connectivity index (χ4n) is 1.98. The first-order valence-electron chi connectivity index (χ1n) is 6.39. The van der Waals surface area contributed by atoms with Crippen molar-refractivity contribution in [3.05, 3.63) is 73.2 Å². The zero-order valence-electron chi connectivity index (χ0n) is 11.3. The summed E-state index contributed by atoms with van der Waals surface area (Å²) in [4.78, 5) is 10.5. The lowest BCUT2D eigenvalue weighted by molar-refractivity contribution is -0.385. The number of nitrogens with zero attached hydrogens (tertiary/aromatic N) is 1. The number of rotatable bonds is 5. The number of nitrogens with one attached hydrogen (secondary N) is 1. The Bertz CT molecular complexity index is 647. The van der Waals surface area contributed by atoms with Crippen molar-refractivity contribution in [1.29, 1.82) is 0 Å². The van der Waals surface area contributed by atoms with E-state index in [1.165, 1.54) is 6.07 Å². The number of halogens is 2. The van der Waals surface area contributed by atoms with E-state index in [4.69, 9.17) is 11.6 Å². The van der Waals surface area contributed by atoms with Gasteiger partial charge in [0.15, 0.2) is 0 Å². The predicted molar refractivity (Wildman–Crippen MR) is 87.5 cm³/mol. The summed E-state index contributed by atoms with van der Waals surface area (Å²) in [5.74, 6) is 0. The zero-order chi connectivity index (χ0) is 15.4. The van der Waals surface area contributed by atoms with Crippen LogP contribution in [0.5, 0.6) is 0 Å². The van der Waals surface area contributed by atoms with Gasteiger partial charge in [0.1, 0.15) is 0 Å².